The molecular weight excluding hydrogens is 264 g/mol. The number of piperidine rings is 1. The van der Waals surface area contributed by atoms with Crippen molar-refractivity contribution in [3.05, 3.63) is 18.3 Å². The van der Waals surface area contributed by atoms with Crippen LogP contribution < -0.4 is 11.3 Å². The van der Waals surface area contributed by atoms with Gasteiger partial charge in [-0.25, -0.2) is 13.4 Å². The maximum absolute atomic E-state index is 12.7. The van der Waals surface area contributed by atoms with Crippen LogP contribution in [0.3, 0.4) is 0 Å². The Kier molecular flexibility index (Phi) is 4.07. The molecule has 2 heterocycles. The van der Waals surface area contributed by atoms with Crippen LogP contribution in [0.15, 0.2) is 23.4 Å². The van der Waals surface area contributed by atoms with Crippen molar-refractivity contribution in [3.63, 3.8) is 0 Å². The Morgan fingerprint density at radius 1 is 1.47 bits per heavy atom. The van der Waals surface area contributed by atoms with Crippen LogP contribution in [0.1, 0.15) is 26.7 Å². The topological polar surface area (TPSA) is 88.3 Å². The van der Waals surface area contributed by atoms with E-state index in [0.29, 0.717) is 18.2 Å². The van der Waals surface area contributed by atoms with E-state index in [9.17, 15) is 8.42 Å². The lowest BCUT2D eigenvalue weighted by molar-refractivity contribution is 0.202. The zero-order valence-corrected chi connectivity index (χ0v) is 12.0. The highest BCUT2D eigenvalue weighted by atomic mass is 32.2. The molecule has 7 heteroatoms. The summed E-state index contributed by atoms with van der Waals surface area (Å²) in [5, 5.41) is -0.00144. The van der Waals surface area contributed by atoms with Crippen LogP contribution in [-0.4, -0.2) is 30.3 Å². The van der Waals surface area contributed by atoms with Crippen LogP contribution in [0, 0.1) is 5.92 Å². The van der Waals surface area contributed by atoms with Gasteiger partial charge in [-0.3, -0.25) is 5.84 Å². The van der Waals surface area contributed by atoms with Gasteiger partial charge in [-0.15, -0.1) is 0 Å². The quantitative estimate of drug-likeness (QED) is 0.642. The van der Waals surface area contributed by atoms with Crippen molar-refractivity contribution >= 4 is 15.7 Å². The average Bonchev–Trinajstić information content (AvgIpc) is 2.41. The molecule has 0 radical (unpaired) electrons. The highest BCUT2D eigenvalue weighted by Crippen LogP contribution is 2.30. The monoisotopic (exact) mass is 284 g/mol. The summed E-state index contributed by atoms with van der Waals surface area (Å²) >= 11 is 0. The highest BCUT2D eigenvalue weighted by Gasteiger charge is 2.36. The maximum Gasteiger partial charge on any atom is 0.262 e. The minimum Gasteiger partial charge on any atom is -0.321 e. The van der Waals surface area contributed by atoms with Crippen LogP contribution in [-0.2, 0) is 10.0 Å². The molecule has 3 N–H and O–H groups in total. The molecular formula is C12H20N4O2S. The summed E-state index contributed by atoms with van der Waals surface area (Å²) in [4.78, 5) is 3.98. The number of hydrazine groups is 1. The first-order chi connectivity index (χ1) is 8.98. The average molecular weight is 284 g/mol. The maximum atomic E-state index is 12.7. The Labute approximate surface area is 114 Å². The van der Waals surface area contributed by atoms with Crippen molar-refractivity contribution in [2.45, 2.75) is 37.8 Å². The number of aromatic nitrogens is 1. The molecule has 0 spiro atoms. The Morgan fingerprint density at radius 3 is 2.89 bits per heavy atom. The molecule has 1 saturated heterocycles. The molecule has 106 valence electrons. The van der Waals surface area contributed by atoms with Crippen molar-refractivity contribution in [2.24, 2.45) is 11.8 Å². The molecule has 2 atom stereocenters. The normalized spacial score (nSPS) is 25.2. The first kappa shape index (κ1) is 14.2. The number of rotatable bonds is 3. The molecule has 0 bridgehead atoms. The molecule has 0 aromatic carbocycles. The SMILES string of the molecule is CC1CCCN(S(=O)(=O)c2ncccc2NN)C1C. The van der Waals surface area contributed by atoms with Crippen molar-refractivity contribution in [1.82, 2.24) is 9.29 Å². The molecule has 6 nitrogen and oxygen atoms in total. The Morgan fingerprint density at radius 2 is 2.21 bits per heavy atom. The molecule has 0 aliphatic carbocycles. The number of hydrogen-bond donors (Lipinski definition) is 2. The number of nitrogen functional groups attached to an aromatic ring is 1. The van der Waals surface area contributed by atoms with Gasteiger partial charge in [0.2, 0.25) is 0 Å². The zero-order chi connectivity index (χ0) is 14.0. The van der Waals surface area contributed by atoms with Crippen molar-refractivity contribution in [1.29, 1.82) is 0 Å². The molecule has 0 saturated carbocycles. The first-order valence-electron chi connectivity index (χ1n) is 6.42. The lowest BCUT2D eigenvalue weighted by atomic mass is 9.94. The number of pyridine rings is 1. The lowest BCUT2D eigenvalue weighted by Gasteiger charge is -2.36. The number of nitrogens with one attached hydrogen (secondary N) is 1. The minimum atomic E-state index is -3.61. The Hall–Kier alpha value is -1.18. The second-order valence-electron chi connectivity index (χ2n) is 4.98. The van der Waals surface area contributed by atoms with Crippen LogP contribution in [0.2, 0.25) is 0 Å². The first-order valence-corrected chi connectivity index (χ1v) is 7.86. The number of nitrogens with two attached hydrogens (primary N) is 1. The predicted molar refractivity (Wildman–Crippen MR) is 73.8 cm³/mol. The fraction of sp³-hybridized carbons (Fsp3) is 0.583. The van der Waals surface area contributed by atoms with E-state index >= 15 is 0 Å². The largest absolute Gasteiger partial charge is 0.321 e. The molecule has 19 heavy (non-hydrogen) atoms. The van der Waals surface area contributed by atoms with Crippen LogP contribution in [0.5, 0.6) is 0 Å². The summed E-state index contributed by atoms with van der Waals surface area (Å²) in [5.41, 5.74) is 2.73. The van der Waals surface area contributed by atoms with Crippen LogP contribution in [0.25, 0.3) is 0 Å². The van der Waals surface area contributed by atoms with Crippen LogP contribution in [0.4, 0.5) is 5.69 Å². The summed E-state index contributed by atoms with van der Waals surface area (Å²) in [6, 6.07) is 3.24. The molecule has 1 aliphatic rings. The van der Waals surface area contributed by atoms with Gasteiger partial charge in [-0.05, 0) is 37.8 Å². The van der Waals surface area contributed by atoms with Gasteiger partial charge in [0.05, 0.1) is 5.69 Å². The van der Waals surface area contributed by atoms with Gasteiger partial charge in [0.1, 0.15) is 0 Å². The molecule has 1 fully saturated rings. The van der Waals surface area contributed by atoms with Gasteiger partial charge in [0, 0.05) is 18.8 Å². The second-order valence-corrected chi connectivity index (χ2v) is 6.78. The third-order valence-electron chi connectivity index (χ3n) is 3.80. The van der Waals surface area contributed by atoms with E-state index in [1.807, 2.05) is 6.92 Å². The third-order valence-corrected chi connectivity index (χ3v) is 5.74. The van der Waals surface area contributed by atoms with Crippen molar-refractivity contribution < 1.29 is 8.42 Å². The van der Waals surface area contributed by atoms with Crippen LogP contribution >= 0.6 is 0 Å². The predicted octanol–water partition coefficient (Wildman–Crippen LogP) is 1.18. The number of anilines is 1. The van der Waals surface area contributed by atoms with Gasteiger partial charge in [-0.1, -0.05) is 6.92 Å². The van der Waals surface area contributed by atoms with Gasteiger partial charge in [0.15, 0.2) is 5.03 Å². The zero-order valence-electron chi connectivity index (χ0n) is 11.2. The lowest BCUT2D eigenvalue weighted by Crippen LogP contribution is -2.46. The molecule has 1 aromatic rings. The van der Waals surface area contributed by atoms with Gasteiger partial charge in [0.25, 0.3) is 10.0 Å². The molecule has 0 amide bonds. The summed E-state index contributed by atoms with van der Waals surface area (Å²) < 4.78 is 26.9. The van der Waals surface area contributed by atoms with Crippen molar-refractivity contribution in [3.8, 4) is 0 Å². The number of nitrogens with zero attached hydrogens (tertiary/aromatic N) is 2. The fourth-order valence-electron chi connectivity index (χ4n) is 2.45. The second kappa shape index (κ2) is 5.44. The van der Waals surface area contributed by atoms with Gasteiger partial charge >= 0.3 is 0 Å². The van der Waals surface area contributed by atoms with E-state index in [-0.39, 0.29) is 11.1 Å². The Bertz CT molecular complexity index is 546. The summed E-state index contributed by atoms with van der Waals surface area (Å²) in [5.74, 6) is 5.71. The summed E-state index contributed by atoms with van der Waals surface area (Å²) in [7, 11) is -3.61. The Balaban J connectivity index is 2.42. The van der Waals surface area contributed by atoms with E-state index in [2.05, 4.69) is 17.3 Å². The molecule has 2 unspecified atom stereocenters. The summed E-state index contributed by atoms with van der Waals surface area (Å²) in [6.07, 6.45) is 3.39. The smallest absolute Gasteiger partial charge is 0.262 e. The van der Waals surface area contributed by atoms with E-state index in [4.69, 9.17) is 5.84 Å². The van der Waals surface area contributed by atoms with Gasteiger partial charge < -0.3 is 5.43 Å². The number of hydrogen-bond acceptors (Lipinski definition) is 5. The summed E-state index contributed by atoms with van der Waals surface area (Å²) in [6.45, 7) is 4.56. The molecule has 1 aromatic heterocycles. The van der Waals surface area contributed by atoms with Crippen molar-refractivity contribution in [2.75, 3.05) is 12.0 Å². The molecule has 2 rings (SSSR count). The third kappa shape index (κ3) is 2.58. The standard InChI is InChI=1S/C12H20N4O2S/c1-9-5-4-8-16(10(9)2)19(17,18)12-11(15-13)6-3-7-14-12/h3,6-7,9-10,15H,4-5,8,13H2,1-2H3. The molecule has 1 aliphatic heterocycles. The van der Waals surface area contributed by atoms with E-state index in [0.717, 1.165) is 12.8 Å². The fourth-order valence-corrected chi connectivity index (χ4v) is 4.29. The van der Waals surface area contributed by atoms with E-state index < -0.39 is 10.0 Å². The van der Waals surface area contributed by atoms with E-state index in [1.165, 1.54) is 10.5 Å². The van der Waals surface area contributed by atoms with Gasteiger partial charge in [-0.2, -0.15) is 4.31 Å². The highest BCUT2D eigenvalue weighted by molar-refractivity contribution is 7.89. The number of sulfonamides is 1. The van der Waals surface area contributed by atoms with E-state index in [1.54, 1.807) is 12.1 Å². The minimum absolute atomic E-state index is 0.00144.